The lowest BCUT2D eigenvalue weighted by Crippen LogP contribution is -2.34. The topological polar surface area (TPSA) is 59.6 Å². The zero-order valence-electron chi connectivity index (χ0n) is 11.3. The van der Waals surface area contributed by atoms with Crippen molar-refractivity contribution in [2.45, 2.75) is 19.4 Å². The maximum absolute atomic E-state index is 5.97. The van der Waals surface area contributed by atoms with Gasteiger partial charge in [-0.05, 0) is 36.8 Å². The molecule has 1 heterocycles. The second kappa shape index (κ2) is 5.25. The van der Waals surface area contributed by atoms with Crippen LogP contribution < -0.4 is 15.8 Å². The average molecular weight is 267 g/mol. The van der Waals surface area contributed by atoms with E-state index in [1.54, 1.807) is 0 Å². The predicted molar refractivity (Wildman–Crippen MR) is 82.7 cm³/mol. The van der Waals surface area contributed by atoms with Crippen LogP contribution in [0, 0.1) is 0 Å². The third-order valence-corrected chi connectivity index (χ3v) is 3.22. The molecule has 0 bridgehead atoms. The first-order valence-corrected chi connectivity index (χ1v) is 6.73. The number of hydrogen-bond donors (Lipinski definition) is 2. The van der Waals surface area contributed by atoms with Gasteiger partial charge in [-0.1, -0.05) is 25.1 Å². The van der Waals surface area contributed by atoms with Gasteiger partial charge in [-0.25, -0.2) is 4.99 Å². The molecule has 0 fully saturated rings. The van der Waals surface area contributed by atoms with E-state index in [0.717, 1.165) is 29.4 Å². The van der Waals surface area contributed by atoms with E-state index >= 15 is 0 Å². The molecule has 1 aliphatic heterocycles. The summed E-state index contributed by atoms with van der Waals surface area (Å²) in [5.74, 6) is 1.60. The van der Waals surface area contributed by atoms with Crippen molar-refractivity contribution < 1.29 is 4.74 Å². The fourth-order valence-corrected chi connectivity index (χ4v) is 2.19. The van der Waals surface area contributed by atoms with Gasteiger partial charge in [-0.2, -0.15) is 0 Å². The summed E-state index contributed by atoms with van der Waals surface area (Å²) < 4.78 is 5.97. The first kappa shape index (κ1) is 12.5. The molecule has 0 aromatic heterocycles. The van der Waals surface area contributed by atoms with Gasteiger partial charge in [0.15, 0.2) is 6.10 Å². The van der Waals surface area contributed by atoms with Crippen molar-refractivity contribution in [2.75, 3.05) is 11.1 Å². The zero-order valence-corrected chi connectivity index (χ0v) is 11.3. The second-order valence-electron chi connectivity index (χ2n) is 4.73. The molecule has 0 saturated heterocycles. The SMILES string of the molecule is CCC1Oc2ccc(N)cc2N=C1Nc1ccccc1. The van der Waals surface area contributed by atoms with Crippen LogP contribution in [0.4, 0.5) is 17.1 Å². The lowest BCUT2D eigenvalue weighted by Gasteiger charge is -2.26. The molecule has 102 valence electrons. The van der Waals surface area contributed by atoms with Crippen molar-refractivity contribution in [3.8, 4) is 5.75 Å². The number of hydrogen-bond acceptors (Lipinski definition) is 4. The summed E-state index contributed by atoms with van der Waals surface area (Å²) in [6.45, 7) is 2.08. The van der Waals surface area contributed by atoms with E-state index in [0.29, 0.717) is 5.69 Å². The molecule has 1 atom stereocenters. The maximum Gasteiger partial charge on any atom is 0.156 e. The Morgan fingerprint density at radius 2 is 2.00 bits per heavy atom. The van der Waals surface area contributed by atoms with Gasteiger partial charge in [0.2, 0.25) is 0 Å². The summed E-state index contributed by atoms with van der Waals surface area (Å²) >= 11 is 0. The Kier molecular flexibility index (Phi) is 3.29. The molecule has 4 nitrogen and oxygen atoms in total. The van der Waals surface area contributed by atoms with Crippen LogP contribution in [0.25, 0.3) is 0 Å². The molecular weight excluding hydrogens is 250 g/mol. The molecule has 2 aromatic carbocycles. The average Bonchev–Trinajstić information content (AvgIpc) is 2.47. The van der Waals surface area contributed by atoms with E-state index in [1.165, 1.54) is 0 Å². The van der Waals surface area contributed by atoms with E-state index in [1.807, 2.05) is 48.5 Å². The number of amidine groups is 1. The summed E-state index contributed by atoms with van der Waals surface area (Å²) in [5.41, 5.74) is 8.26. The highest BCUT2D eigenvalue weighted by Crippen LogP contribution is 2.34. The molecule has 0 saturated carbocycles. The largest absolute Gasteiger partial charge is 0.480 e. The minimum atomic E-state index is -0.0636. The van der Waals surface area contributed by atoms with Gasteiger partial charge in [0.05, 0.1) is 0 Å². The van der Waals surface area contributed by atoms with Crippen LogP contribution in [0.15, 0.2) is 53.5 Å². The Labute approximate surface area is 118 Å². The minimum Gasteiger partial charge on any atom is -0.480 e. The van der Waals surface area contributed by atoms with E-state index in [4.69, 9.17) is 10.5 Å². The number of benzene rings is 2. The number of nitrogens with two attached hydrogens (primary N) is 1. The number of aliphatic imine (C=N–C) groups is 1. The molecule has 0 radical (unpaired) electrons. The molecule has 1 unspecified atom stereocenters. The van der Waals surface area contributed by atoms with E-state index < -0.39 is 0 Å². The zero-order chi connectivity index (χ0) is 13.9. The summed E-state index contributed by atoms with van der Waals surface area (Å²) in [4.78, 5) is 4.65. The van der Waals surface area contributed by atoms with Crippen molar-refractivity contribution in [2.24, 2.45) is 4.99 Å². The van der Waals surface area contributed by atoms with E-state index in [2.05, 4.69) is 17.2 Å². The van der Waals surface area contributed by atoms with Crippen molar-refractivity contribution in [1.29, 1.82) is 0 Å². The van der Waals surface area contributed by atoms with Crippen LogP contribution in [0.3, 0.4) is 0 Å². The van der Waals surface area contributed by atoms with Crippen molar-refractivity contribution in [3.05, 3.63) is 48.5 Å². The summed E-state index contributed by atoms with van der Waals surface area (Å²) in [6, 6.07) is 15.5. The quantitative estimate of drug-likeness (QED) is 0.817. The van der Waals surface area contributed by atoms with Crippen molar-refractivity contribution >= 4 is 22.9 Å². The van der Waals surface area contributed by atoms with E-state index in [9.17, 15) is 0 Å². The Hall–Kier alpha value is -2.49. The Morgan fingerprint density at radius 3 is 2.75 bits per heavy atom. The molecule has 0 spiro atoms. The first-order chi connectivity index (χ1) is 9.76. The normalized spacial score (nSPS) is 16.9. The molecular formula is C16H17N3O. The summed E-state index contributed by atoms with van der Waals surface area (Å²) in [5, 5.41) is 3.33. The summed E-state index contributed by atoms with van der Waals surface area (Å²) in [6.07, 6.45) is 0.786. The number of nitrogen functional groups attached to an aromatic ring is 1. The predicted octanol–water partition coefficient (Wildman–Crippen LogP) is 3.58. The van der Waals surface area contributed by atoms with Crippen LogP contribution in [0.5, 0.6) is 5.75 Å². The van der Waals surface area contributed by atoms with Gasteiger partial charge in [-0.3, -0.25) is 0 Å². The van der Waals surface area contributed by atoms with Crippen molar-refractivity contribution in [3.63, 3.8) is 0 Å². The standard InChI is InChI=1S/C16H17N3O/c1-2-14-16(18-12-6-4-3-5-7-12)19-13-10-11(17)8-9-15(13)20-14/h3-10,14H,2,17H2,1H3,(H,18,19). The van der Waals surface area contributed by atoms with Crippen LogP contribution >= 0.6 is 0 Å². The number of anilines is 2. The molecule has 2 aromatic rings. The molecule has 0 amide bonds. The van der Waals surface area contributed by atoms with Gasteiger partial charge < -0.3 is 15.8 Å². The van der Waals surface area contributed by atoms with Gasteiger partial charge in [0, 0.05) is 11.4 Å². The minimum absolute atomic E-state index is 0.0636. The third kappa shape index (κ3) is 2.45. The molecule has 20 heavy (non-hydrogen) atoms. The number of nitrogens with zero attached hydrogens (tertiary/aromatic N) is 1. The third-order valence-electron chi connectivity index (χ3n) is 3.22. The highest BCUT2D eigenvalue weighted by Gasteiger charge is 2.23. The molecule has 1 aliphatic rings. The molecule has 3 N–H and O–H groups in total. The highest BCUT2D eigenvalue weighted by atomic mass is 16.5. The van der Waals surface area contributed by atoms with Crippen molar-refractivity contribution in [1.82, 2.24) is 0 Å². The van der Waals surface area contributed by atoms with Crippen LogP contribution in [-0.2, 0) is 0 Å². The van der Waals surface area contributed by atoms with Gasteiger partial charge in [-0.15, -0.1) is 0 Å². The van der Waals surface area contributed by atoms with Gasteiger partial charge in [0.25, 0.3) is 0 Å². The van der Waals surface area contributed by atoms with Crippen LogP contribution in [0.2, 0.25) is 0 Å². The number of fused-ring (bicyclic) bond motifs is 1. The van der Waals surface area contributed by atoms with E-state index in [-0.39, 0.29) is 6.10 Å². The number of nitrogens with one attached hydrogen (secondary N) is 1. The molecule has 4 heteroatoms. The Morgan fingerprint density at radius 1 is 1.20 bits per heavy atom. The Balaban J connectivity index is 1.95. The first-order valence-electron chi connectivity index (χ1n) is 6.73. The monoisotopic (exact) mass is 267 g/mol. The molecule has 3 rings (SSSR count). The lowest BCUT2D eigenvalue weighted by atomic mass is 10.1. The fourth-order valence-electron chi connectivity index (χ4n) is 2.19. The summed E-state index contributed by atoms with van der Waals surface area (Å²) in [7, 11) is 0. The fraction of sp³-hybridized carbons (Fsp3) is 0.188. The lowest BCUT2D eigenvalue weighted by molar-refractivity contribution is 0.259. The number of para-hydroxylation sites is 1. The highest BCUT2D eigenvalue weighted by molar-refractivity contribution is 6.02. The van der Waals surface area contributed by atoms with Gasteiger partial charge in [0.1, 0.15) is 17.3 Å². The van der Waals surface area contributed by atoms with Crippen LogP contribution in [-0.4, -0.2) is 11.9 Å². The number of ether oxygens (including phenoxy) is 1. The second-order valence-corrected chi connectivity index (χ2v) is 4.73. The van der Waals surface area contributed by atoms with Crippen LogP contribution in [0.1, 0.15) is 13.3 Å². The van der Waals surface area contributed by atoms with Gasteiger partial charge >= 0.3 is 0 Å². The number of rotatable bonds is 2. The Bertz CT molecular complexity index is 637. The maximum atomic E-state index is 5.97. The molecule has 0 aliphatic carbocycles. The smallest absolute Gasteiger partial charge is 0.156 e.